The second-order valence-corrected chi connectivity index (χ2v) is 9.26. The molecule has 5 atom stereocenters. The lowest BCUT2D eigenvalue weighted by molar-refractivity contribution is -0.275. The molecular weight excluding hydrogens is 522 g/mol. The van der Waals surface area contributed by atoms with Gasteiger partial charge < -0.3 is 24.7 Å². The smallest absolute Gasteiger partial charge is 0.417 e. The number of methoxy groups -OCH3 is 1. The molecule has 38 heavy (non-hydrogen) atoms. The van der Waals surface area contributed by atoms with E-state index in [2.05, 4.69) is 9.97 Å². The molecule has 1 aliphatic rings. The van der Waals surface area contributed by atoms with Crippen LogP contribution in [0, 0.1) is 11.7 Å². The van der Waals surface area contributed by atoms with Gasteiger partial charge in [-0.2, -0.15) is 13.2 Å². The molecular formula is C25H24F6N2O5. The number of aliphatic hydroxyl groups excluding tert-OH is 2. The summed E-state index contributed by atoms with van der Waals surface area (Å²) in [6.45, 7) is 1.39. The summed E-state index contributed by atoms with van der Waals surface area (Å²) in [5.41, 5.74) is -4.90. The standard InChI is InChI=1S/C25H24F6N2O5/c1-10-18(11-4-5-12(26)19(23(27)28)21(11)37-3)22(38-24(10,2)25(29,30)31)15-8-16(35)20-14(32-15)7-6-13(33-20)17(36)9-34/h4-8,10,17-18,22-23,34,36H,9H2,1-3H3,(H,32,35)/t10-,17-,18-,22-,24+/m0/s1. The van der Waals surface area contributed by atoms with Crippen LogP contribution in [-0.4, -0.2) is 45.7 Å². The monoisotopic (exact) mass is 546 g/mol. The lowest BCUT2D eigenvalue weighted by atomic mass is 9.76. The maximum absolute atomic E-state index is 14.3. The van der Waals surface area contributed by atoms with Gasteiger partial charge >= 0.3 is 6.18 Å². The van der Waals surface area contributed by atoms with Crippen LogP contribution in [0.1, 0.15) is 60.9 Å². The molecule has 13 heteroatoms. The number of nitrogens with zero attached hydrogens (tertiary/aromatic N) is 1. The molecule has 4 rings (SSSR count). The van der Waals surface area contributed by atoms with Gasteiger partial charge in [0.25, 0.3) is 6.43 Å². The number of aromatic nitrogens is 2. The summed E-state index contributed by atoms with van der Waals surface area (Å²) in [6, 6.07) is 5.44. The van der Waals surface area contributed by atoms with Crippen LogP contribution in [0.25, 0.3) is 11.0 Å². The first-order valence-electron chi connectivity index (χ1n) is 11.5. The number of nitrogens with one attached hydrogen (secondary N) is 1. The number of hydrogen-bond donors (Lipinski definition) is 3. The number of ether oxygens (including phenoxy) is 2. The Bertz CT molecular complexity index is 1410. The highest BCUT2D eigenvalue weighted by molar-refractivity contribution is 5.74. The summed E-state index contributed by atoms with van der Waals surface area (Å²) < 4.78 is 95.1. The van der Waals surface area contributed by atoms with E-state index in [0.29, 0.717) is 0 Å². The van der Waals surface area contributed by atoms with Crippen LogP contribution < -0.4 is 10.2 Å². The zero-order valence-corrected chi connectivity index (χ0v) is 20.3. The highest BCUT2D eigenvalue weighted by atomic mass is 19.4. The molecule has 0 amide bonds. The Balaban J connectivity index is 1.94. The third-order valence-corrected chi connectivity index (χ3v) is 7.16. The van der Waals surface area contributed by atoms with E-state index in [1.54, 1.807) is 0 Å². The van der Waals surface area contributed by atoms with Crippen LogP contribution in [-0.2, 0) is 4.74 Å². The molecule has 3 aromatic rings. The number of rotatable bonds is 6. The van der Waals surface area contributed by atoms with Gasteiger partial charge in [-0.3, -0.25) is 4.79 Å². The van der Waals surface area contributed by atoms with Crippen LogP contribution in [0.2, 0.25) is 0 Å². The molecule has 1 aliphatic heterocycles. The number of H-pyrrole nitrogens is 1. The van der Waals surface area contributed by atoms with E-state index < -0.39 is 71.4 Å². The molecule has 206 valence electrons. The van der Waals surface area contributed by atoms with E-state index in [9.17, 15) is 36.2 Å². The molecule has 3 heterocycles. The second kappa shape index (κ2) is 9.86. The van der Waals surface area contributed by atoms with Gasteiger partial charge in [0.2, 0.25) is 5.43 Å². The van der Waals surface area contributed by atoms with Crippen molar-refractivity contribution in [2.24, 2.45) is 5.92 Å². The molecule has 2 aromatic heterocycles. The molecule has 0 spiro atoms. The lowest BCUT2D eigenvalue weighted by Gasteiger charge is -2.32. The van der Waals surface area contributed by atoms with Gasteiger partial charge in [-0.05, 0) is 25.1 Å². The third kappa shape index (κ3) is 4.41. The summed E-state index contributed by atoms with van der Waals surface area (Å²) in [7, 11) is 1.00. The molecule has 3 N–H and O–H groups in total. The SMILES string of the molecule is COc1c([C@H]2[C@H](c3cc(=O)c4nc([C@@H](O)CO)ccc4[nH]3)O[C@@](C)(C(F)(F)F)[C@H]2C)ccc(F)c1C(F)F. The zero-order valence-electron chi connectivity index (χ0n) is 20.3. The first-order valence-corrected chi connectivity index (χ1v) is 11.5. The molecule has 1 saturated heterocycles. The lowest BCUT2D eigenvalue weighted by Crippen LogP contribution is -2.46. The van der Waals surface area contributed by atoms with Gasteiger partial charge in [0.15, 0.2) is 5.60 Å². The Morgan fingerprint density at radius 3 is 2.50 bits per heavy atom. The van der Waals surface area contributed by atoms with Crippen LogP contribution in [0.5, 0.6) is 5.75 Å². The van der Waals surface area contributed by atoms with E-state index in [0.717, 1.165) is 32.2 Å². The van der Waals surface area contributed by atoms with Crippen LogP contribution in [0.4, 0.5) is 26.3 Å². The average Bonchev–Trinajstić information content (AvgIpc) is 3.14. The number of aromatic amines is 1. The Morgan fingerprint density at radius 2 is 1.92 bits per heavy atom. The molecule has 1 aromatic carbocycles. The second-order valence-electron chi connectivity index (χ2n) is 9.26. The van der Waals surface area contributed by atoms with Crippen LogP contribution in [0.15, 0.2) is 35.1 Å². The van der Waals surface area contributed by atoms with Crippen molar-refractivity contribution in [1.29, 1.82) is 0 Å². The fraction of sp³-hybridized carbons (Fsp3) is 0.440. The number of halogens is 6. The largest absolute Gasteiger partial charge is 0.496 e. The van der Waals surface area contributed by atoms with E-state index >= 15 is 0 Å². The summed E-state index contributed by atoms with van der Waals surface area (Å²) in [6.07, 6.45) is -11.1. The first kappa shape index (κ1) is 27.9. The number of pyridine rings is 2. The van der Waals surface area contributed by atoms with E-state index in [1.165, 1.54) is 19.1 Å². The van der Waals surface area contributed by atoms with Crippen molar-refractivity contribution in [2.75, 3.05) is 13.7 Å². The van der Waals surface area contributed by atoms with Crippen LogP contribution >= 0.6 is 0 Å². The molecule has 1 fully saturated rings. The molecule has 0 bridgehead atoms. The molecule has 0 saturated carbocycles. The van der Waals surface area contributed by atoms with Crippen molar-refractivity contribution in [2.45, 2.75) is 50.2 Å². The van der Waals surface area contributed by atoms with Gasteiger partial charge in [0.05, 0.1) is 30.5 Å². The Morgan fingerprint density at radius 1 is 1.24 bits per heavy atom. The third-order valence-electron chi connectivity index (χ3n) is 7.16. The van der Waals surface area contributed by atoms with E-state index in [-0.39, 0.29) is 28.0 Å². The van der Waals surface area contributed by atoms with E-state index in [4.69, 9.17) is 14.6 Å². The Labute approximate surface area is 212 Å². The topological polar surface area (TPSA) is 105 Å². The van der Waals surface area contributed by atoms with Crippen molar-refractivity contribution < 1.29 is 46.0 Å². The maximum atomic E-state index is 14.3. The molecule has 0 radical (unpaired) electrons. The number of benzene rings is 1. The Hall–Kier alpha value is -3.16. The molecule has 0 unspecified atom stereocenters. The maximum Gasteiger partial charge on any atom is 0.417 e. The zero-order chi connectivity index (χ0) is 28.2. The summed E-state index contributed by atoms with van der Waals surface area (Å²) >= 11 is 0. The van der Waals surface area contributed by atoms with Crippen molar-refractivity contribution >= 4 is 11.0 Å². The number of hydrogen-bond acceptors (Lipinski definition) is 6. The molecule has 0 aliphatic carbocycles. The minimum absolute atomic E-state index is 0.00193. The fourth-order valence-electron chi connectivity index (χ4n) is 4.95. The van der Waals surface area contributed by atoms with Crippen molar-refractivity contribution in [3.8, 4) is 5.75 Å². The number of fused-ring (bicyclic) bond motifs is 1. The Kier molecular flexibility index (Phi) is 7.23. The summed E-state index contributed by atoms with van der Waals surface area (Å²) in [5.74, 6) is -4.58. The summed E-state index contributed by atoms with van der Waals surface area (Å²) in [5, 5.41) is 19.0. The minimum Gasteiger partial charge on any atom is -0.496 e. The minimum atomic E-state index is -4.90. The van der Waals surface area contributed by atoms with E-state index in [1.807, 2.05) is 0 Å². The predicted molar refractivity (Wildman–Crippen MR) is 123 cm³/mol. The first-order chi connectivity index (χ1) is 17.7. The van der Waals surface area contributed by atoms with Crippen molar-refractivity contribution in [3.63, 3.8) is 0 Å². The highest BCUT2D eigenvalue weighted by Crippen LogP contribution is 2.59. The number of alkyl halides is 5. The van der Waals surface area contributed by atoms with Crippen molar-refractivity contribution in [1.82, 2.24) is 9.97 Å². The highest BCUT2D eigenvalue weighted by Gasteiger charge is 2.65. The molecule has 7 nitrogen and oxygen atoms in total. The summed E-state index contributed by atoms with van der Waals surface area (Å²) in [4.78, 5) is 19.8. The van der Waals surface area contributed by atoms with Gasteiger partial charge in [0.1, 0.15) is 29.3 Å². The fourth-order valence-corrected chi connectivity index (χ4v) is 4.95. The normalized spacial score (nSPS) is 24.8. The van der Waals surface area contributed by atoms with Gasteiger partial charge in [0, 0.05) is 29.2 Å². The van der Waals surface area contributed by atoms with Crippen LogP contribution in [0.3, 0.4) is 0 Å². The van der Waals surface area contributed by atoms with Gasteiger partial charge in [-0.1, -0.05) is 13.0 Å². The quantitative estimate of drug-likeness (QED) is 0.382. The average molecular weight is 546 g/mol. The van der Waals surface area contributed by atoms with Gasteiger partial charge in [-0.15, -0.1) is 0 Å². The number of aliphatic hydroxyl groups is 2. The van der Waals surface area contributed by atoms with Crippen molar-refractivity contribution in [3.05, 3.63) is 68.9 Å². The predicted octanol–water partition coefficient (Wildman–Crippen LogP) is 4.85. The van der Waals surface area contributed by atoms with Gasteiger partial charge in [-0.25, -0.2) is 18.2 Å².